The number of ether oxygens (including phenoxy) is 2. The van der Waals surface area contributed by atoms with E-state index in [4.69, 9.17) is 19.4 Å². The number of aromatic nitrogens is 4. The van der Waals surface area contributed by atoms with Gasteiger partial charge in [-0.2, -0.15) is 0 Å². The predicted octanol–water partition coefficient (Wildman–Crippen LogP) is 5.90. The SMILES string of the molecule is COC(=O)N[C@H](C(=O)N1[C@@H]2C[C@@H]2C[C@H]1c1ncc(C#Cc2ccc3cc(-c4cnc([C@@H]5CC6C[C@H]6N5C(=O)[C@@H](NC(=O)O)C(C)C)[nH]4)ccc3c2)[nH]1)C1C[C@@H](C)O[C@@H](C)C1. The predicted molar refractivity (Wildman–Crippen MR) is 220 cm³/mol. The second kappa shape index (κ2) is 15.6. The van der Waals surface area contributed by atoms with Gasteiger partial charge in [0.25, 0.3) is 0 Å². The molecule has 314 valence electrons. The number of nitrogens with one attached hydrogen (secondary N) is 4. The molecule has 5 fully saturated rings. The third-order valence-corrected chi connectivity index (χ3v) is 13.2. The topological polar surface area (TPSA) is 195 Å². The molecular weight excluding hydrogens is 765 g/mol. The number of hydrogen-bond donors (Lipinski definition) is 5. The zero-order valence-electron chi connectivity index (χ0n) is 34.5. The van der Waals surface area contributed by atoms with Crippen LogP contribution >= 0.6 is 0 Å². The number of H-pyrrole nitrogens is 2. The molecule has 11 atom stereocenters. The first-order valence-corrected chi connectivity index (χ1v) is 21.1. The second-order valence-electron chi connectivity index (χ2n) is 17.8. The number of likely N-dealkylation sites (tertiary alicyclic amines) is 2. The summed E-state index contributed by atoms with van der Waals surface area (Å²) in [4.78, 5) is 72.0. The number of amides is 4. The first-order chi connectivity index (χ1) is 28.8. The number of benzene rings is 2. The lowest BCUT2D eigenvalue weighted by atomic mass is 9.85. The number of carbonyl (C=O) groups excluding carboxylic acids is 3. The highest BCUT2D eigenvalue weighted by Crippen LogP contribution is 2.54. The molecule has 15 nitrogen and oxygen atoms in total. The number of aromatic amines is 2. The van der Waals surface area contributed by atoms with Gasteiger partial charge in [0, 0.05) is 23.2 Å². The van der Waals surface area contributed by atoms with E-state index in [1.165, 1.54) is 7.11 Å². The zero-order chi connectivity index (χ0) is 42.0. The number of carbonyl (C=O) groups is 4. The van der Waals surface area contributed by atoms with Crippen molar-refractivity contribution in [2.75, 3.05) is 7.11 Å². The summed E-state index contributed by atoms with van der Waals surface area (Å²) in [6.45, 7) is 7.70. The Labute approximate surface area is 348 Å². The van der Waals surface area contributed by atoms with Crippen LogP contribution in [0.5, 0.6) is 0 Å². The molecule has 4 amide bonds. The van der Waals surface area contributed by atoms with Crippen LogP contribution in [0.2, 0.25) is 0 Å². The van der Waals surface area contributed by atoms with Gasteiger partial charge < -0.3 is 45.0 Å². The Morgan fingerprint density at radius 2 is 1.45 bits per heavy atom. The lowest BCUT2D eigenvalue weighted by Crippen LogP contribution is -2.55. The van der Waals surface area contributed by atoms with Gasteiger partial charge in [-0.05, 0) is 111 Å². The molecule has 0 radical (unpaired) electrons. The quantitative estimate of drug-likeness (QED) is 0.128. The Kier molecular flexibility index (Phi) is 10.3. The van der Waals surface area contributed by atoms with Crippen molar-refractivity contribution in [2.45, 2.75) is 115 Å². The summed E-state index contributed by atoms with van der Waals surface area (Å²) in [5.74, 6) is 8.15. The van der Waals surface area contributed by atoms with E-state index >= 15 is 0 Å². The standard InChI is InChI=1S/C45H52N8O7/c1-22(2)38(50-44(56)57)42(54)52-34-16-30(34)19-37(52)41-47-21-33(49-41)28-10-9-26-14-25(6-8-27(26)15-28)7-11-32-20-46-40(48-32)36-18-29-17-35(29)53(36)43(55)39(51-45(58)59-5)31-12-23(3)60-24(4)13-31/h6,8-10,14-15,20-24,29-31,34-39,50H,12-13,16-19H2,1-5H3,(H,46,48)(H,47,49)(H,51,58)(H,56,57)/t23-,24+,29-,30?,31?,34-,35-,36+,37+,38+,39+/m1/s1. The minimum atomic E-state index is -1.21. The van der Waals surface area contributed by atoms with Crippen molar-refractivity contribution in [3.8, 4) is 23.1 Å². The van der Waals surface area contributed by atoms with Gasteiger partial charge in [0.2, 0.25) is 11.8 Å². The highest BCUT2D eigenvalue weighted by molar-refractivity contribution is 5.89. The average molecular weight is 817 g/mol. The first kappa shape index (κ1) is 39.6. The minimum absolute atomic E-state index is 0.0188. The molecule has 5 heterocycles. The summed E-state index contributed by atoms with van der Waals surface area (Å²) in [6.07, 6.45) is 6.48. The van der Waals surface area contributed by atoms with Crippen LogP contribution < -0.4 is 10.6 Å². The van der Waals surface area contributed by atoms with Crippen molar-refractivity contribution in [3.05, 3.63) is 71.7 Å². The molecule has 0 spiro atoms. The normalized spacial score (nSPS) is 28.6. The summed E-state index contributed by atoms with van der Waals surface area (Å²) in [5.41, 5.74) is 3.29. The number of hydrogen-bond acceptors (Lipinski definition) is 8. The number of piperidine rings is 2. The van der Waals surface area contributed by atoms with E-state index in [0.29, 0.717) is 42.0 Å². The molecule has 0 bridgehead atoms. The number of imidazole rings is 2. The highest BCUT2D eigenvalue weighted by Gasteiger charge is 2.58. The molecule has 15 heteroatoms. The van der Waals surface area contributed by atoms with E-state index in [2.05, 4.69) is 44.6 Å². The molecule has 4 aromatic rings. The van der Waals surface area contributed by atoms with E-state index in [1.807, 2.05) is 61.8 Å². The van der Waals surface area contributed by atoms with E-state index in [1.54, 1.807) is 12.4 Å². The van der Waals surface area contributed by atoms with Gasteiger partial charge in [0.15, 0.2) is 0 Å². The maximum absolute atomic E-state index is 14.3. The molecule has 5 aliphatic rings. The van der Waals surface area contributed by atoms with E-state index in [-0.39, 0.29) is 60.0 Å². The largest absolute Gasteiger partial charge is 0.465 e. The van der Waals surface area contributed by atoms with E-state index in [9.17, 15) is 24.3 Å². The minimum Gasteiger partial charge on any atom is -0.465 e. The second-order valence-corrected chi connectivity index (χ2v) is 17.8. The molecule has 2 unspecified atom stereocenters. The van der Waals surface area contributed by atoms with Crippen molar-refractivity contribution in [1.29, 1.82) is 0 Å². The lowest BCUT2D eigenvalue weighted by Gasteiger charge is -2.38. The summed E-state index contributed by atoms with van der Waals surface area (Å²) in [5, 5.41) is 16.7. The molecule has 2 aliphatic carbocycles. The number of fused-ring (bicyclic) bond motifs is 3. The van der Waals surface area contributed by atoms with E-state index < -0.39 is 24.3 Å². The van der Waals surface area contributed by atoms with Crippen molar-refractivity contribution < 1.29 is 33.8 Å². The van der Waals surface area contributed by atoms with Crippen molar-refractivity contribution in [2.24, 2.45) is 23.7 Å². The van der Waals surface area contributed by atoms with Crippen LogP contribution in [0.15, 0.2) is 48.8 Å². The van der Waals surface area contributed by atoms with Crippen LogP contribution in [0, 0.1) is 35.5 Å². The van der Waals surface area contributed by atoms with Crippen LogP contribution in [0.3, 0.4) is 0 Å². The summed E-state index contributed by atoms with van der Waals surface area (Å²) >= 11 is 0. The van der Waals surface area contributed by atoms with Crippen LogP contribution in [0.1, 0.15) is 101 Å². The van der Waals surface area contributed by atoms with Crippen LogP contribution in [0.4, 0.5) is 9.59 Å². The van der Waals surface area contributed by atoms with Crippen molar-refractivity contribution in [1.82, 2.24) is 40.4 Å². The summed E-state index contributed by atoms with van der Waals surface area (Å²) in [6, 6.07) is 10.5. The molecule has 9 rings (SSSR count). The Bertz CT molecular complexity index is 2390. The highest BCUT2D eigenvalue weighted by atomic mass is 16.5. The summed E-state index contributed by atoms with van der Waals surface area (Å²) < 4.78 is 10.9. The number of rotatable bonds is 9. The van der Waals surface area contributed by atoms with Gasteiger partial charge in [-0.3, -0.25) is 9.59 Å². The smallest absolute Gasteiger partial charge is 0.407 e. The molecule has 2 saturated carbocycles. The molecule has 2 aromatic carbocycles. The molecule has 60 heavy (non-hydrogen) atoms. The van der Waals surface area contributed by atoms with Crippen molar-refractivity contribution in [3.63, 3.8) is 0 Å². The fraction of sp³-hybridized carbons (Fsp3) is 0.511. The molecule has 2 aromatic heterocycles. The average Bonchev–Trinajstić information content (AvgIpc) is 3.81. The number of nitrogens with zero attached hydrogens (tertiary/aromatic N) is 4. The fourth-order valence-electron chi connectivity index (χ4n) is 10.2. The zero-order valence-corrected chi connectivity index (χ0v) is 34.5. The first-order valence-electron chi connectivity index (χ1n) is 21.1. The Morgan fingerprint density at radius 1 is 0.817 bits per heavy atom. The van der Waals surface area contributed by atoms with Crippen molar-refractivity contribution >= 4 is 34.8 Å². The number of carboxylic acid groups (broad SMARTS) is 1. The van der Waals surface area contributed by atoms with Gasteiger partial charge in [-0.15, -0.1) is 0 Å². The van der Waals surface area contributed by atoms with Gasteiger partial charge in [-0.1, -0.05) is 38.0 Å². The van der Waals surface area contributed by atoms with Crippen LogP contribution in [-0.2, 0) is 19.1 Å². The molecular formula is C45H52N8O7. The lowest BCUT2D eigenvalue weighted by molar-refractivity contribution is -0.140. The van der Waals surface area contributed by atoms with Crippen LogP contribution in [0.25, 0.3) is 22.0 Å². The Hall–Kier alpha value is -5.88. The Morgan fingerprint density at radius 3 is 2.12 bits per heavy atom. The van der Waals surface area contributed by atoms with E-state index in [0.717, 1.165) is 53.3 Å². The third-order valence-electron chi connectivity index (χ3n) is 13.2. The van der Waals surface area contributed by atoms with Gasteiger partial charge >= 0.3 is 12.2 Å². The number of methoxy groups -OCH3 is 1. The van der Waals surface area contributed by atoms with Gasteiger partial charge in [-0.25, -0.2) is 19.6 Å². The summed E-state index contributed by atoms with van der Waals surface area (Å²) in [7, 11) is 1.31. The van der Waals surface area contributed by atoms with Gasteiger partial charge in [0.1, 0.15) is 29.4 Å². The third kappa shape index (κ3) is 7.69. The maximum Gasteiger partial charge on any atom is 0.407 e. The molecule has 3 saturated heterocycles. The van der Waals surface area contributed by atoms with Gasteiger partial charge in [0.05, 0.1) is 49.5 Å². The molecule has 3 aliphatic heterocycles. The number of alkyl carbamates (subject to hydrolysis) is 1. The monoisotopic (exact) mass is 816 g/mol. The Balaban J connectivity index is 0.884. The fourth-order valence-corrected chi connectivity index (χ4v) is 10.2. The molecule has 5 N–H and O–H groups in total. The maximum atomic E-state index is 14.3. The van der Waals surface area contributed by atoms with Crippen LogP contribution in [-0.4, -0.2) is 102 Å².